The smallest absolute Gasteiger partial charge is 0.306 e. The maximum atomic E-state index is 12.7. The summed E-state index contributed by atoms with van der Waals surface area (Å²) in [6.45, 7) is 4.56. The standard InChI is InChI=1S/C40H78O4/c1-3-5-7-9-11-13-15-16-18-20-25-29-33-37-40(43)44-38(35-31-27-23-21-24-28-32-36-39(41)42)34-30-26-22-19-17-14-12-10-8-6-4-2/h38H,3-37H2,1-2H3,(H,41,42). The Labute approximate surface area is 275 Å². The van der Waals surface area contributed by atoms with Crippen molar-refractivity contribution in [2.24, 2.45) is 0 Å². The van der Waals surface area contributed by atoms with E-state index < -0.39 is 5.97 Å². The number of carbonyl (C=O) groups excluding carboxylic acids is 1. The lowest BCUT2D eigenvalue weighted by molar-refractivity contribution is -0.150. The molecule has 1 atom stereocenters. The van der Waals surface area contributed by atoms with E-state index >= 15 is 0 Å². The zero-order valence-electron chi connectivity index (χ0n) is 30.0. The second-order valence-corrected chi connectivity index (χ2v) is 13.8. The zero-order chi connectivity index (χ0) is 32.2. The highest BCUT2D eigenvalue weighted by Gasteiger charge is 2.14. The van der Waals surface area contributed by atoms with Crippen LogP contribution in [0.4, 0.5) is 0 Å². The van der Waals surface area contributed by atoms with E-state index in [9.17, 15) is 9.59 Å². The Morgan fingerprint density at radius 3 is 1.00 bits per heavy atom. The number of hydrogen-bond donors (Lipinski definition) is 1. The van der Waals surface area contributed by atoms with E-state index in [1.807, 2.05) is 0 Å². The summed E-state index contributed by atoms with van der Waals surface area (Å²) in [5.74, 6) is -0.656. The molecule has 0 radical (unpaired) electrons. The first-order chi connectivity index (χ1) is 21.6. The third kappa shape index (κ3) is 35.4. The highest BCUT2D eigenvalue weighted by Crippen LogP contribution is 2.19. The third-order valence-corrected chi connectivity index (χ3v) is 9.33. The van der Waals surface area contributed by atoms with E-state index in [2.05, 4.69) is 13.8 Å². The number of carboxylic acid groups (broad SMARTS) is 1. The van der Waals surface area contributed by atoms with Crippen LogP contribution in [-0.2, 0) is 14.3 Å². The summed E-state index contributed by atoms with van der Waals surface area (Å²) in [7, 11) is 0. The summed E-state index contributed by atoms with van der Waals surface area (Å²) in [6.07, 6.45) is 42.6. The highest BCUT2D eigenvalue weighted by molar-refractivity contribution is 5.69. The van der Waals surface area contributed by atoms with Gasteiger partial charge in [-0.15, -0.1) is 0 Å². The molecule has 0 aromatic heterocycles. The molecule has 0 heterocycles. The SMILES string of the molecule is CCCCCCCCCCCCCCCC(=O)OC(CCCCCCCCCCCCC)CCCCCCCCCC(=O)O. The molecule has 1 unspecified atom stereocenters. The van der Waals surface area contributed by atoms with E-state index in [1.54, 1.807) is 0 Å². The van der Waals surface area contributed by atoms with Gasteiger partial charge in [0.1, 0.15) is 6.10 Å². The first-order valence-corrected chi connectivity index (χ1v) is 20.0. The van der Waals surface area contributed by atoms with Gasteiger partial charge in [-0.25, -0.2) is 0 Å². The van der Waals surface area contributed by atoms with Crippen molar-refractivity contribution in [1.29, 1.82) is 0 Å². The van der Waals surface area contributed by atoms with E-state index in [0.717, 1.165) is 51.4 Å². The van der Waals surface area contributed by atoms with Crippen LogP contribution >= 0.6 is 0 Å². The van der Waals surface area contributed by atoms with E-state index in [4.69, 9.17) is 9.84 Å². The summed E-state index contributed by atoms with van der Waals surface area (Å²) < 4.78 is 6.04. The lowest BCUT2D eigenvalue weighted by atomic mass is 10.0. The van der Waals surface area contributed by atoms with E-state index in [1.165, 1.54) is 161 Å². The van der Waals surface area contributed by atoms with Gasteiger partial charge in [-0.2, -0.15) is 0 Å². The van der Waals surface area contributed by atoms with Gasteiger partial charge in [0.15, 0.2) is 0 Å². The molecule has 0 aromatic rings. The first-order valence-electron chi connectivity index (χ1n) is 20.0. The van der Waals surface area contributed by atoms with Crippen molar-refractivity contribution in [2.75, 3.05) is 0 Å². The van der Waals surface area contributed by atoms with Gasteiger partial charge in [-0.1, -0.05) is 187 Å². The molecular weight excluding hydrogens is 544 g/mol. The maximum Gasteiger partial charge on any atom is 0.306 e. The Kier molecular flexibility index (Phi) is 35.5. The van der Waals surface area contributed by atoms with Crippen molar-refractivity contribution in [1.82, 2.24) is 0 Å². The van der Waals surface area contributed by atoms with Crippen LogP contribution < -0.4 is 0 Å². The zero-order valence-corrected chi connectivity index (χ0v) is 30.0. The number of rotatable bonds is 37. The predicted octanol–water partition coefficient (Wildman–Crippen LogP) is 13.7. The van der Waals surface area contributed by atoms with Crippen molar-refractivity contribution < 1.29 is 19.4 Å². The molecule has 0 amide bonds. The van der Waals surface area contributed by atoms with Crippen molar-refractivity contribution in [2.45, 2.75) is 245 Å². The number of aliphatic carboxylic acids is 1. The number of ether oxygens (including phenoxy) is 1. The molecule has 0 rings (SSSR count). The van der Waals surface area contributed by atoms with Gasteiger partial charge in [0, 0.05) is 12.8 Å². The molecule has 0 aliphatic rings. The number of carbonyl (C=O) groups is 2. The number of esters is 1. The lowest BCUT2D eigenvalue weighted by Crippen LogP contribution is -2.18. The van der Waals surface area contributed by atoms with Crippen molar-refractivity contribution in [3.05, 3.63) is 0 Å². The minimum absolute atomic E-state index is 0.0274. The Morgan fingerprint density at radius 1 is 0.409 bits per heavy atom. The molecule has 4 heteroatoms. The van der Waals surface area contributed by atoms with E-state index in [0.29, 0.717) is 12.8 Å². The Bertz CT molecular complexity index is 590. The molecule has 4 nitrogen and oxygen atoms in total. The summed E-state index contributed by atoms with van der Waals surface area (Å²) in [4.78, 5) is 23.3. The monoisotopic (exact) mass is 623 g/mol. The maximum absolute atomic E-state index is 12.7. The van der Waals surface area contributed by atoms with Gasteiger partial charge in [0.25, 0.3) is 0 Å². The van der Waals surface area contributed by atoms with E-state index in [-0.39, 0.29) is 12.1 Å². The van der Waals surface area contributed by atoms with Crippen molar-refractivity contribution in [3.63, 3.8) is 0 Å². The van der Waals surface area contributed by atoms with Crippen LogP contribution in [0.25, 0.3) is 0 Å². The average Bonchev–Trinajstić information content (AvgIpc) is 3.01. The van der Waals surface area contributed by atoms with Crippen LogP contribution in [0.3, 0.4) is 0 Å². The molecule has 0 aliphatic carbocycles. The molecule has 0 aliphatic heterocycles. The summed E-state index contributed by atoms with van der Waals surface area (Å²) in [5.41, 5.74) is 0. The van der Waals surface area contributed by atoms with Gasteiger partial charge >= 0.3 is 11.9 Å². The Balaban J connectivity index is 4.04. The third-order valence-electron chi connectivity index (χ3n) is 9.33. The first kappa shape index (κ1) is 42.9. The van der Waals surface area contributed by atoms with Gasteiger partial charge in [0.2, 0.25) is 0 Å². The number of hydrogen-bond acceptors (Lipinski definition) is 3. The number of carboxylic acids is 1. The molecule has 0 spiro atoms. The summed E-state index contributed by atoms with van der Waals surface area (Å²) in [6, 6.07) is 0. The van der Waals surface area contributed by atoms with Crippen molar-refractivity contribution >= 4 is 11.9 Å². The lowest BCUT2D eigenvalue weighted by Gasteiger charge is -2.18. The van der Waals surface area contributed by atoms with Crippen LogP contribution in [0.1, 0.15) is 239 Å². The molecule has 0 aromatic carbocycles. The molecule has 44 heavy (non-hydrogen) atoms. The van der Waals surface area contributed by atoms with Gasteiger partial charge < -0.3 is 9.84 Å². The van der Waals surface area contributed by atoms with Gasteiger partial charge in [0.05, 0.1) is 0 Å². The van der Waals surface area contributed by atoms with Crippen LogP contribution in [-0.4, -0.2) is 23.1 Å². The average molecular weight is 623 g/mol. The van der Waals surface area contributed by atoms with Crippen LogP contribution in [0.5, 0.6) is 0 Å². The molecular formula is C40H78O4. The van der Waals surface area contributed by atoms with Crippen LogP contribution in [0, 0.1) is 0 Å². The van der Waals surface area contributed by atoms with Crippen LogP contribution in [0.2, 0.25) is 0 Å². The second kappa shape index (κ2) is 36.4. The van der Waals surface area contributed by atoms with Gasteiger partial charge in [-0.3, -0.25) is 9.59 Å². The Morgan fingerprint density at radius 2 is 0.682 bits per heavy atom. The fraction of sp³-hybridized carbons (Fsp3) is 0.950. The molecule has 0 saturated carbocycles. The quantitative estimate of drug-likeness (QED) is 0.0553. The summed E-state index contributed by atoms with van der Waals surface area (Å²) in [5, 5.41) is 8.76. The minimum Gasteiger partial charge on any atom is -0.481 e. The largest absolute Gasteiger partial charge is 0.481 e. The summed E-state index contributed by atoms with van der Waals surface area (Å²) >= 11 is 0. The molecule has 0 fully saturated rings. The second-order valence-electron chi connectivity index (χ2n) is 13.8. The molecule has 0 bridgehead atoms. The molecule has 0 saturated heterocycles. The number of unbranched alkanes of at least 4 members (excludes halogenated alkanes) is 28. The Hall–Kier alpha value is -1.06. The predicted molar refractivity (Wildman–Crippen MR) is 190 cm³/mol. The topological polar surface area (TPSA) is 63.6 Å². The fourth-order valence-electron chi connectivity index (χ4n) is 6.36. The minimum atomic E-state index is -0.683. The molecule has 262 valence electrons. The fourth-order valence-corrected chi connectivity index (χ4v) is 6.36. The molecule has 1 N–H and O–H groups in total. The van der Waals surface area contributed by atoms with Gasteiger partial charge in [-0.05, 0) is 38.5 Å². The van der Waals surface area contributed by atoms with Crippen molar-refractivity contribution in [3.8, 4) is 0 Å². The van der Waals surface area contributed by atoms with Crippen LogP contribution in [0.15, 0.2) is 0 Å². The highest BCUT2D eigenvalue weighted by atomic mass is 16.5. The normalized spacial score (nSPS) is 12.0.